The molecule has 9 heteroatoms. The molecule has 0 unspecified atom stereocenters. The quantitative estimate of drug-likeness (QED) is 0.372. The molecule has 1 fully saturated rings. The molecule has 1 amide bonds. The number of carbonyl (C=O) groups excluding carboxylic acids is 1. The van der Waals surface area contributed by atoms with Crippen molar-refractivity contribution in [1.29, 1.82) is 5.26 Å². The number of benzene rings is 2. The molecule has 198 valence electrons. The van der Waals surface area contributed by atoms with Gasteiger partial charge in [-0.25, -0.2) is 0 Å². The van der Waals surface area contributed by atoms with E-state index in [1.807, 2.05) is 38.4 Å². The van der Waals surface area contributed by atoms with Gasteiger partial charge in [-0.2, -0.15) is 14.0 Å². The lowest BCUT2D eigenvalue weighted by molar-refractivity contribution is -0.0492. The van der Waals surface area contributed by atoms with Crippen LogP contribution >= 0.6 is 0 Å². The van der Waals surface area contributed by atoms with E-state index >= 15 is 0 Å². The van der Waals surface area contributed by atoms with Crippen molar-refractivity contribution >= 4 is 22.4 Å². The number of fused-ring (bicyclic) bond motifs is 1. The summed E-state index contributed by atoms with van der Waals surface area (Å²) in [4.78, 5) is 19.4. The summed E-state index contributed by atoms with van der Waals surface area (Å²) in [7, 11) is 4.10. The van der Waals surface area contributed by atoms with Crippen LogP contribution in [0.3, 0.4) is 0 Å². The highest BCUT2D eigenvalue weighted by Crippen LogP contribution is 2.40. The molecule has 3 atom stereocenters. The Morgan fingerprint density at radius 2 is 2.03 bits per heavy atom. The Labute approximate surface area is 221 Å². The van der Waals surface area contributed by atoms with Gasteiger partial charge in [-0.1, -0.05) is 30.8 Å². The van der Waals surface area contributed by atoms with Gasteiger partial charge in [-0.05, 0) is 68.6 Å². The fourth-order valence-electron chi connectivity index (χ4n) is 5.06. The Kier molecular flexibility index (Phi) is 8.54. The molecule has 1 aliphatic rings. The van der Waals surface area contributed by atoms with E-state index in [1.54, 1.807) is 30.5 Å². The molecule has 0 aliphatic heterocycles. The molecule has 1 saturated carbocycles. The summed E-state index contributed by atoms with van der Waals surface area (Å²) >= 11 is 0. The maximum Gasteiger partial charge on any atom is 0.387 e. The molecular weight excluding hydrogens is 488 g/mol. The van der Waals surface area contributed by atoms with Crippen LogP contribution < -0.4 is 15.4 Å². The number of hydrogen-bond donors (Lipinski definition) is 2. The molecule has 1 aliphatic carbocycles. The molecule has 38 heavy (non-hydrogen) atoms. The van der Waals surface area contributed by atoms with E-state index in [4.69, 9.17) is 10.00 Å². The molecule has 7 nitrogen and oxygen atoms in total. The number of pyridine rings is 1. The molecular formula is C29H31F2N5O2. The van der Waals surface area contributed by atoms with Gasteiger partial charge in [-0.15, -0.1) is 0 Å². The van der Waals surface area contributed by atoms with E-state index in [1.165, 1.54) is 6.07 Å². The highest BCUT2D eigenvalue weighted by atomic mass is 19.3. The zero-order valence-electron chi connectivity index (χ0n) is 21.5. The summed E-state index contributed by atoms with van der Waals surface area (Å²) in [5.74, 6) is -0.255. The van der Waals surface area contributed by atoms with E-state index in [-0.39, 0.29) is 35.7 Å². The van der Waals surface area contributed by atoms with Crippen molar-refractivity contribution in [3.8, 4) is 11.8 Å². The first-order chi connectivity index (χ1) is 18.3. The van der Waals surface area contributed by atoms with Crippen molar-refractivity contribution in [2.75, 3.05) is 26.0 Å². The lowest BCUT2D eigenvalue weighted by Gasteiger charge is -2.39. The van der Waals surface area contributed by atoms with E-state index in [0.29, 0.717) is 22.8 Å². The number of nitrogens with zero attached hydrogens (tertiary/aromatic N) is 3. The number of aromatic nitrogens is 1. The maximum atomic E-state index is 13.2. The summed E-state index contributed by atoms with van der Waals surface area (Å²) in [5.41, 5.74) is 1.97. The van der Waals surface area contributed by atoms with Gasteiger partial charge < -0.3 is 20.3 Å². The summed E-state index contributed by atoms with van der Waals surface area (Å²) in [6.07, 6.45) is 4.12. The fraction of sp³-hybridized carbons (Fsp3) is 0.345. The fourth-order valence-corrected chi connectivity index (χ4v) is 5.06. The number of rotatable bonds is 9. The zero-order chi connectivity index (χ0) is 27.2. The van der Waals surface area contributed by atoms with Gasteiger partial charge in [0.05, 0.1) is 11.8 Å². The summed E-state index contributed by atoms with van der Waals surface area (Å²) in [5, 5.41) is 16.9. The van der Waals surface area contributed by atoms with Gasteiger partial charge >= 0.3 is 6.61 Å². The number of hydrogen-bond acceptors (Lipinski definition) is 6. The highest BCUT2D eigenvalue weighted by molar-refractivity contribution is 5.98. The third-order valence-electron chi connectivity index (χ3n) is 7.06. The van der Waals surface area contributed by atoms with Crippen LogP contribution in [0.2, 0.25) is 0 Å². The van der Waals surface area contributed by atoms with Crippen molar-refractivity contribution < 1.29 is 18.3 Å². The van der Waals surface area contributed by atoms with Crippen LogP contribution in [0.5, 0.6) is 5.75 Å². The van der Waals surface area contributed by atoms with Crippen LogP contribution in [0.4, 0.5) is 14.5 Å². The average molecular weight is 520 g/mol. The van der Waals surface area contributed by atoms with Crippen molar-refractivity contribution in [3.63, 3.8) is 0 Å². The van der Waals surface area contributed by atoms with E-state index in [9.17, 15) is 13.6 Å². The Morgan fingerprint density at radius 3 is 2.71 bits per heavy atom. The van der Waals surface area contributed by atoms with Crippen LogP contribution in [0, 0.1) is 11.3 Å². The summed E-state index contributed by atoms with van der Waals surface area (Å²) in [6, 6.07) is 16.5. The van der Waals surface area contributed by atoms with Crippen molar-refractivity contribution in [2.24, 2.45) is 0 Å². The SMILES string of the molecule is C=C(C#N)CNc1c(OC(F)F)ccc2ccc([C@@H]3C[C@@H](N(C)C)CC[C@@H]3NC(=O)c3ccccn3)cc12. The zero-order valence-corrected chi connectivity index (χ0v) is 21.5. The van der Waals surface area contributed by atoms with Crippen LogP contribution in [0.25, 0.3) is 10.8 Å². The van der Waals surface area contributed by atoms with Crippen molar-refractivity contribution in [2.45, 2.75) is 43.9 Å². The standard InChI is InChI=1S/C29H31F2N5O2/c1-18(16-32)17-34-27-23-14-20(8-7-19(23)9-12-26(27)38-29(30)31)22-15-21(36(2)3)10-11-24(22)35-28(37)25-6-4-5-13-33-25/h4-9,12-14,21-22,24,29,34H,1,10-11,15,17H2,2-3H3,(H,35,37)/t21-,22-,24-/m0/s1. The lowest BCUT2D eigenvalue weighted by atomic mass is 9.76. The van der Waals surface area contributed by atoms with Crippen LogP contribution in [0.1, 0.15) is 41.2 Å². The van der Waals surface area contributed by atoms with E-state index < -0.39 is 6.61 Å². The van der Waals surface area contributed by atoms with Gasteiger partial charge in [0.2, 0.25) is 0 Å². The Bertz CT molecular complexity index is 1340. The van der Waals surface area contributed by atoms with Gasteiger partial charge in [0.15, 0.2) is 0 Å². The van der Waals surface area contributed by atoms with Crippen molar-refractivity contribution in [3.05, 3.63) is 78.1 Å². The molecule has 4 rings (SSSR count). The molecule has 0 spiro atoms. The second kappa shape index (κ2) is 12.0. The van der Waals surface area contributed by atoms with Gasteiger partial charge in [-0.3, -0.25) is 9.78 Å². The van der Waals surface area contributed by atoms with Gasteiger partial charge in [0.1, 0.15) is 11.4 Å². The van der Waals surface area contributed by atoms with Crippen LogP contribution in [-0.4, -0.2) is 55.1 Å². The molecule has 2 aromatic carbocycles. The predicted octanol–water partition coefficient (Wildman–Crippen LogP) is 5.32. The summed E-state index contributed by atoms with van der Waals surface area (Å²) < 4.78 is 31.2. The number of nitriles is 1. The average Bonchev–Trinajstić information content (AvgIpc) is 2.92. The van der Waals surface area contributed by atoms with Crippen LogP contribution in [-0.2, 0) is 0 Å². The second-order valence-electron chi connectivity index (χ2n) is 9.70. The maximum absolute atomic E-state index is 13.2. The lowest BCUT2D eigenvalue weighted by Crippen LogP contribution is -2.46. The number of amides is 1. The number of ether oxygens (including phenoxy) is 1. The molecule has 1 heterocycles. The van der Waals surface area contributed by atoms with Gasteiger partial charge in [0, 0.05) is 41.7 Å². The molecule has 1 aromatic heterocycles. The number of anilines is 1. The minimum atomic E-state index is -3.00. The number of alkyl halides is 2. The molecule has 0 radical (unpaired) electrons. The van der Waals surface area contributed by atoms with Gasteiger partial charge in [0.25, 0.3) is 5.91 Å². The minimum Gasteiger partial charge on any atom is -0.433 e. The first-order valence-corrected chi connectivity index (χ1v) is 12.5. The smallest absolute Gasteiger partial charge is 0.387 e. The Balaban J connectivity index is 1.73. The normalized spacial score (nSPS) is 19.2. The molecule has 0 saturated heterocycles. The summed E-state index contributed by atoms with van der Waals surface area (Å²) in [6.45, 7) is 0.767. The number of carbonyl (C=O) groups is 1. The first kappa shape index (κ1) is 27.0. The number of nitrogens with one attached hydrogen (secondary N) is 2. The second-order valence-corrected chi connectivity index (χ2v) is 9.70. The minimum absolute atomic E-state index is 0.00907. The Morgan fingerprint density at radius 1 is 1.24 bits per heavy atom. The monoisotopic (exact) mass is 519 g/mol. The molecule has 3 aromatic rings. The third-order valence-corrected chi connectivity index (χ3v) is 7.06. The van der Waals surface area contributed by atoms with Crippen LogP contribution in [0.15, 0.2) is 66.9 Å². The van der Waals surface area contributed by atoms with Crippen molar-refractivity contribution in [1.82, 2.24) is 15.2 Å². The first-order valence-electron chi connectivity index (χ1n) is 12.5. The number of halogens is 2. The van der Waals surface area contributed by atoms with E-state index in [2.05, 4.69) is 27.1 Å². The highest BCUT2D eigenvalue weighted by Gasteiger charge is 2.34. The predicted molar refractivity (Wildman–Crippen MR) is 143 cm³/mol. The topological polar surface area (TPSA) is 90.3 Å². The Hall–Kier alpha value is -4.03. The largest absolute Gasteiger partial charge is 0.433 e. The van der Waals surface area contributed by atoms with E-state index in [0.717, 1.165) is 30.2 Å². The molecule has 0 bridgehead atoms. The third kappa shape index (κ3) is 6.26. The molecule has 2 N–H and O–H groups in total.